The van der Waals surface area contributed by atoms with Crippen LogP contribution in [0.1, 0.15) is 21.9 Å². The first-order valence-corrected chi connectivity index (χ1v) is 5.70. The highest BCUT2D eigenvalue weighted by Gasteiger charge is 2.13. The number of furan rings is 1. The molecule has 0 aliphatic rings. The molecule has 4 nitrogen and oxygen atoms in total. The Kier molecular flexibility index (Phi) is 4.71. The molecule has 1 N–H and O–H groups in total. The van der Waals surface area contributed by atoms with E-state index in [1.165, 1.54) is 0 Å². The fraction of sp³-hybridized carbons (Fsp3) is 0.500. The van der Waals surface area contributed by atoms with Crippen molar-refractivity contribution in [3.63, 3.8) is 0 Å². The lowest BCUT2D eigenvalue weighted by Gasteiger charge is -1.97. The lowest BCUT2D eigenvalue weighted by atomic mass is 10.2. The number of thioether (sulfide) groups is 1. The molecule has 0 atom stereocenters. The molecule has 0 aromatic carbocycles. The summed E-state index contributed by atoms with van der Waals surface area (Å²) in [6.07, 6.45) is 0. The Labute approximate surface area is 92.6 Å². The molecule has 0 aliphatic carbocycles. The van der Waals surface area contributed by atoms with Gasteiger partial charge in [-0.2, -0.15) is 11.8 Å². The molecule has 1 rings (SSSR count). The Morgan fingerprint density at radius 2 is 2.40 bits per heavy atom. The highest BCUT2D eigenvalue weighted by molar-refractivity contribution is 7.98. The van der Waals surface area contributed by atoms with Gasteiger partial charge in [0.15, 0.2) is 0 Å². The normalized spacial score (nSPS) is 10.5. The van der Waals surface area contributed by atoms with Crippen LogP contribution < -0.4 is 0 Å². The van der Waals surface area contributed by atoms with Crippen LogP contribution in [0.2, 0.25) is 0 Å². The minimum Gasteiger partial charge on any atom is -0.478 e. The Hall–Kier alpha value is -0.940. The summed E-state index contributed by atoms with van der Waals surface area (Å²) in [4.78, 5) is 10.7. The summed E-state index contributed by atoms with van der Waals surface area (Å²) in [5.74, 6) is 1.77. The number of rotatable bonds is 6. The minimum absolute atomic E-state index is 0.248. The van der Waals surface area contributed by atoms with E-state index in [1.54, 1.807) is 31.9 Å². The zero-order valence-corrected chi connectivity index (χ0v) is 9.60. The van der Waals surface area contributed by atoms with Gasteiger partial charge in [-0.05, 0) is 13.0 Å². The van der Waals surface area contributed by atoms with E-state index in [0.29, 0.717) is 23.9 Å². The Morgan fingerprint density at radius 3 is 2.93 bits per heavy atom. The maximum atomic E-state index is 10.7. The molecule has 0 saturated carbocycles. The second-order valence-electron chi connectivity index (χ2n) is 3.03. The second kappa shape index (κ2) is 5.82. The summed E-state index contributed by atoms with van der Waals surface area (Å²) in [7, 11) is 1.65. The van der Waals surface area contributed by atoms with Gasteiger partial charge >= 0.3 is 5.97 Å². The van der Waals surface area contributed by atoms with Gasteiger partial charge < -0.3 is 14.3 Å². The standard InChI is InChI=1S/C10H14O4S/c1-7-9(10(11)12)5-8(14-7)6-15-4-3-13-2/h5H,3-4,6H2,1-2H3,(H,11,12). The lowest BCUT2D eigenvalue weighted by Crippen LogP contribution is -1.95. The third kappa shape index (κ3) is 3.60. The number of methoxy groups -OCH3 is 1. The van der Waals surface area contributed by atoms with Crippen molar-refractivity contribution >= 4 is 17.7 Å². The largest absolute Gasteiger partial charge is 0.478 e. The van der Waals surface area contributed by atoms with E-state index in [2.05, 4.69) is 0 Å². The molecule has 0 radical (unpaired) electrons. The fourth-order valence-electron chi connectivity index (χ4n) is 1.14. The van der Waals surface area contributed by atoms with Crippen LogP contribution in [0.25, 0.3) is 0 Å². The monoisotopic (exact) mass is 230 g/mol. The lowest BCUT2D eigenvalue weighted by molar-refractivity contribution is 0.0695. The van der Waals surface area contributed by atoms with Crippen molar-refractivity contribution in [2.24, 2.45) is 0 Å². The molecule has 1 heterocycles. The van der Waals surface area contributed by atoms with Gasteiger partial charge in [0, 0.05) is 12.9 Å². The maximum Gasteiger partial charge on any atom is 0.339 e. The highest BCUT2D eigenvalue weighted by Crippen LogP contribution is 2.19. The molecule has 0 bridgehead atoms. The summed E-state index contributed by atoms with van der Waals surface area (Å²) in [6.45, 7) is 2.35. The van der Waals surface area contributed by atoms with Gasteiger partial charge in [0.2, 0.25) is 0 Å². The second-order valence-corrected chi connectivity index (χ2v) is 4.14. The molecule has 0 saturated heterocycles. The Bertz CT molecular complexity index is 332. The van der Waals surface area contributed by atoms with E-state index < -0.39 is 5.97 Å². The molecule has 15 heavy (non-hydrogen) atoms. The molecule has 0 unspecified atom stereocenters. The molecule has 0 amide bonds. The van der Waals surface area contributed by atoms with Crippen LogP contribution in [-0.2, 0) is 10.5 Å². The maximum absolute atomic E-state index is 10.7. The van der Waals surface area contributed by atoms with Gasteiger partial charge in [0.25, 0.3) is 0 Å². The third-order valence-corrected chi connectivity index (χ3v) is 2.82. The van der Waals surface area contributed by atoms with E-state index in [4.69, 9.17) is 14.3 Å². The molecule has 84 valence electrons. The smallest absolute Gasteiger partial charge is 0.339 e. The zero-order valence-electron chi connectivity index (χ0n) is 8.78. The number of hydrogen-bond donors (Lipinski definition) is 1. The van der Waals surface area contributed by atoms with E-state index in [0.717, 1.165) is 5.75 Å². The first-order valence-electron chi connectivity index (χ1n) is 4.54. The summed E-state index contributed by atoms with van der Waals surface area (Å²) < 4.78 is 10.2. The molecule has 0 fully saturated rings. The summed E-state index contributed by atoms with van der Waals surface area (Å²) in [5.41, 5.74) is 0.248. The van der Waals surface area contributed by atoms with Crippen molar-refractivity contribution in [3.8, 4) is 0 Å². The summed E-state index contributed by atoms with van der Waals surface area (Å²) in [5, 5.41) is 8.80. The number of carbonyl (C=O) groups is 1. The van der Waals surface area contributed by atoms with Crippen LogP contribution in [0.5, 0.6) is 0 Å². The highest BCUT2D eigenvalue weighted by atomic mass is 32.2. The molecule has 1 aromatic heterocycles. The third-order valence-electron chi connectivity index (χ3n) is 1.88. The van der Waals surface area contributed by atoms with Gasteiger partial charge in [-0.3, -0.25) is 0 Å². The molecular formula is C10H14O4S. The van der Waals surface area contributed by atoms with E-state index in [-0.39, 0.29) is 5.56 Å². The average molecular weight is 230 g/mol. The minimum atomic E-state index is -0.940. The summed E-state index contributed by atoms with van der Waals surface area (Å²) >= 11 is 1.65. The zero-order chi connectivity index (χ0) is 11.3. The van der Waals surface area contributed by atoms with E-state index in [9.17, 15) is 4.79 Å². The van der Waals surface area contributed by atoms with Crippen molar-refractivity contribution in [1.82, 2.24) is 0 Å². The van der Waals surface area contributed by atoms with Gasteiger partial charge in [-0.1, -0.05) is 0 Å². The Morgan fingerprint density at radius 1 is 1.67 bits per heavy atom. The van der Waals surface area contributed by atoms with Crippen molar-refractivity contribution in [1.29, 1.82) is 0 Å². The predicted octanol–water partition coefficient (Wildman–Crippen LogP) is 2.17. The molecular weight excluding hydrogens is 216 g/mol. The average Bonchev–Trinajstić information content (AvgIpc) is 2.55. The van der Waals surface area contributed by atoms with Crippen LogP contribution >= 0.6 is 11.8 Å². The van der Waals surface area contributed by atoms with E-state index in [1.807, 2.05) is 0 Å². The number of hydrogen-bond acceptors (Lipinski definition) is 4. The first-order chi connectivity index (χ1) is 7.15. The van der Waals surface area contributed by atoms with E-state index >= 15 is 0 Å². The van der Waals surface area contributed by atoms with Gasteiger partial charge in [-0.25, -0.2) is 4.79 Å². The fourth-order valence-corrected chi connectivity index (χ4v) is 1.91. The Balaban J connectivity index is 2.48. The van der Waals surface area contributed by atoms with Gasteiger partial charge in [-0.15, -0.1) is 0 Å². The molecule has 0 spiro atoms. The first kappa shape index (κ1) is 12.1. The summed E-state index contributed by atoms with van der Waals surface area (Å²) in [6, 6.07) is 1.58. The van der Waals surface area contributed by atoms with Crippen molar-refractivity contribution in [2.45, 2.75) is 12.7 Å². The SMILES string of the molecule is COCCSCc1cc(C(=O)O)c(C)o1. The number of ether oxygens (including phenoxy) is 1. The van der Waals surface area contributed by atoms with Crippen molar-refractivity contribution in [3.05, 3.63) is 23.2 Å². The van der Waals surface area contributed by atoms with Crippen LogP contribution in [0.15, 0.2) is 10.5 Å². The van der Waals surface area contributed by atoms with Crippen LogP contribution in [0, 0.1) is 6.92 Å². The van der Waals surface area contributed by atoms with Crippen LogP contribution in [0.4, 0.5) is 0 Å². The number of aryl methyl sites for hydroxylation is 1. The topological polar surface area (TPSA) is 59.7 Å². The number of carboxylic acid groups (broad SMARTS) is 1. The van der Waals surface area contributed by atoms with Crippen molar-refractivity contribution in [2.75, 3.05) is 19.5 Å². The molecule has 5 heteroatoms. The quantitative estimate of drug-likeness (QED) is 0.759. The van der Waals surface area contributed by atoms with Crippen LogP contribution in [0.3, 0.4) is 0 Å². The van der Waals surface area contributed by atoms with Crippen molar-refractivity contribution < 1.29 is 19.1 Å². The predicted molar refractivity (Wildman–Crippen MR) is 58.4 cm³/mol. The number of aromatic carboxylic acids is 1. The molecule has 0 aliphatic heterocycles. The molecule has 1 aromatic rings. The number of carboxylic acids is 1. The van der Waals surface area contributed by atoms with Gasteiger partial charge in [0.1, 0.15) is 17.1 Å². The van der Waals surface area contributed by atoms with Crippen LogP contribution in [-0.4, -0.2) is 30.5 Å². The van der Waals surface area contributed by atoms with Gasteiger partial charge in [0.05, 0.1) is 12.4 Å².